The van der Waals surface area contributed by atoms with Gasteiger partial charge in [-0.1, -0.05) is 6.07 Å². The van der Waals surface area contributed by atoms with Crippen molar-refractivity contribution in [2.75, 3.05) is 23.3 Å². The van der Waals surface area contributed by atoms with Crippen LogP contribution in [0.4, 0.5) is 11.4 Å². The van der Waals surface area contributed by atoms with Crippen molar-refractivity contribution in [1.29, 1.82) is 0 Å². The Hall–Kier alpha value is -2.82. The van der Waals surface area contributed by atoms with Gasteiger partial charge >= 0.3 is 0 Å². The highest BCUT2D eigenvalue weighted by Gasteiger charge is 2.11. The molecule has 0 aliphatic carbocycles. The molecule has 27 heavy (non-hydrogen) atoms. The zero-order valence-corrected chi connectivity index (χ0v) is 16.8. The second kappa shape index (κ2) is 9.21. The first-order chi connectivity index (χ1) is 12.8. The molecule has 144 valence electrons. The average Bonchev–Trinajstić information content (AvgIpc) is 2.63. The Morgan fingerprint density at radius 3 is 2.22 bits per heavy atom. The Morgan fingerprint density at radius 2 is 1.67 bits per heavy atom. The summed E-state index contributed by atoms with van der Waals surface area (Å²) in [6.07, 6.45) is 0. The van der Waals surface area contributed by atoms with Crippen molar-refractivity contribution < 1.29 is 9.59 Å². The zero-order valence-electron chi connectivity index (χ0n) is 16.8. The van der Waals surface area contributed by atoms with Crippen LogP contribution in [0.2, 0.25) is 0 Å². The van der Waals surface area contributed by atoms with Crippen LogP contribution in [0.25, 0.3) is 0 Å². The Labute approximate surface area is 161 Å². The fourth-order valence-corrected chi connectivity index (χ4v) is 2.93. The largest absolute Gasteiger partial charge is 0.369 e. The molecular weight excluding hydrogens is 338 g/mol. The van der Waals surface area contributed by atoms with Crippen molar-refractivity contribution in [3.8, 4) is 0 Å². The molecule has 0 unspecified atom stereocenters. The number of carbonyl (C=O) groups is 2. The number of carbonyl (C=O) groups excluding carboxylic acids is 2. The topological polar surface area (TPSA) is 61.4 Å². The Morgan fingerprint density at radius 1 is 1.00 bits per heavy atom. The predicted molar refractivity (Wildman–Crippen MR) is 111 cm³/mol. The zero-order chi connectivity index (χ0) is 20.0. The van der Waals surface area contributed by atoms with Crippen molar-refractivity contribution in [2.45, 2.75) is 40.7 Å². The van der Waals surface area contributed by atoms with E-state index in [9.17, 15) is 9.59 Å². The van der Waals surface area contributed by atoms with Crippen molar-refractivity contribution in [3.63, 3.8) is 0 Å². The number of nitrogens with zero attached hydrogens (tertiary/aromatic N) is 1. The van der Waals surface area contributed by atoms with Crippen molar-refractivity contribution >= 4 is 23.2 Å². The Balaban J connectivity index is 1.90. The Bertz CT molecular complexity index is 798. The maximum atomic E-state index is 12.2. The standard InChI is InChI=1S/C22H29N3O2/c1-6-25(15(2)3)20-11-9-19(10-12-20)24-21(26)14-23-22(27)18-8-7-16(4)17(5)13-18/h7-13,15H,6,14H2,1-5H3,(H,23,27)(H,24,26). The van der Waals surface area contributed by atoms with Crippen LogP contribution in [0.1, 0.15) is 42.3 Å². The van der Waals surface area contributed by atoms with Crippen molar-refractivity contribution in [2.24, 2.45) is 0 Å². The van der Waals surface area contributed by atoms with Crippen LogP contribution in [0.3, 0.4) is 0 Å². The number of hydrogen-bond donors (Lipinski definition) is 2. The molecule has 2 N–H and O–H groups in total. The smallest absolute Gasteiger partial charge is 0.251 e. The van der Waals surface area contributed by atoms with Crippen LogP contribution >= 0.6 is 0 Å². The molecule has 0 heterocycles. The average molecular weight is 367 g/mol. The molecule has 0 saturated carbocycles. The van der Waals surface area contributed by atoms with E-state index in [4.69, 9.17) is 0 Å². The molecule has 0 radical (unpaired) electrons. The van der Waals surface area contributed by atoms with Crippen LogP contribution in [0.5, 0.6) is 0 Å². The van der Waals surface area contributed by atoms with Gasteiger partial charge in [0.05, 0.1) is 6.54 Å². The summed E-state index contributed by atoms with van der Waals surface area (Å²) in [5.41, 5.74) is 4.57. The van der Waals surface area contributed by atoms with Gasteiger partial charge in [-0.15, -0.1) is 0 Å². The van der Waals surface area contributed by atoms with E-state index in [1.165, 1.54) is 0 Å². The highest BCUT2D eigenvalue weighted by Crippen LogP contribution is 2.19. The van der Waals surface area contributed by atoms with E-state index in [-0.39, 0.29) is 18.4 Å². The molecule has 5 nitrogen and oxygen atoms in total. The molecule has 0 aliphatic rings. The third kappa shape index (κ3) is 5.58. The van der Waals surface area contributed by atoms with Gasteiger partial charge in [0.25, 0.3) is 5.91 Å². The minimum atomic E-state index is -0.254. The summed E-state index contributed by atoms with van der Waals surface area (Å²) in [4.78, 5) is 26.6. The lowest BCUT2D eigenvalue weighted by Gasteiger charge is -2.27. The quantitative estimate of drug-likeness (QED) is 0.780. The molecule has 0 atom stereocenters. The summed E-state index contributed by atoms with van der Waals surface area (Å²) in [5.74, 6) is -0.504. The van der Waals surface area contributed by atoms with Gasteiger partial charge in [-0.3, -0.25) is 9.59 Å². The molecule has 0 aromatic heterocycles. The number of nitrogens with one attached hydrogen (secondary N) is 2. The van der Waals surface area contributed by atoms with Gasteiger partial charge in [-0.05, 0) is 82.1 Å². The van der Waals surface area contributed by atoms with Gasteiger partial charge in [0.1, 0.15) is 0 Å². The number of aryl methyl sites for hydroxylation is 2. The molecule has 5 heteroatoms. The van der Waals surface area contributed by atoms with Gasteiger partial charge in [0.2, 0.25) is 5.91 Å². The maximum absolute atomic E-state index is 12.2. The maximum Gasteiger partial charge on any atom is 0.251 e. The monoisotopic (exact) mass is 367 g/mol. The molecule has 0 fully saturated rings. The summed E-state index contributed by atoms with van der Waals surface area (Å²) in [5, 5.41) is 5.47. The van der Waals surface area contributed by atoms with Crippen LogP contribution < -0.4 is 15.5 Å². The number of hydrogen-bond acceptors (Lipinski definition) is 3. The van der Waals surface area contributed by atoms with Gasteiger partial charge in [0.15, 0.2) is 0 Å². The van der Waals surface area contributed by atoms with Gasteiger partial charge in [-0.25, -0.2) is 0 Å². The summed E-state index contributed by atoms with van der Waals surface area (Å²) in [6.45, 7) is 11.2. The molecule has 0 saturated heterocycles. The van der Waals surface area contributed by atoms with E-state index in [0.717, 1.165) is 23.4 Å². The highest BCUT2D eigenvalue weighted by atomic mass is 16.2. The second-order valence-corrected chi connectivity index (χ2v) is 6.96. The van der Waals surface area contributed by atoms with Crippen LogP contribution in [0, 0.1) is 13.8 Å². The van der Waals surface area contributed by atoms with E-state index in [1.807, 2.05) is 50.2 Å². The van der Waals surface area contributed by atoms with Crippen molar-refractivity contribution in [3.05, 3.63) is 59.2 Å². The van der Waals surface area contributed by atoms with Gasteiger partial charge in [0, 0.05) is 29.5 Å². The number of rotatable bonds is 7. The minimum Gasteiger partial charge on any atom is -0.369 e. The fraction of sp³-hybridized carbons (Fsp3) is 0.364. The van der Waals surface area contributed by atoms with E-state index < -0.39 is 0 Å². The van der Waals surface area contributed by atoms with E-state index in [0.29, 0.717) is 17.3 Å². The normalized spacial score (nSPS) is 10.6. The van der Waals surface area contributed by atoms with Crippen LogP contribution in [0.15, 0.2) is 42.5 Å². The molecule has 2 aromatic carbocycles. The molecular formula is C22H29N3O2. The first-order valence-corrected chi connectivity index (χ1v) is 9.33. The van der Waals surface area contributed by atoms with E-state index in [2.05, 4.69) is 36.3 Å². The summed E-state index contributed by atoms with van der Waals surface area (Å²) in [6, 6.07) is 13.7. The first-order valence-electron chi connectivity index (χ1n) is 9.33. The number of anilines is 2. The summed E-state index contributed by atoms with van der Waals surface area (Å²) >= 11 is 0. The Kier molecular flexibility index (Phi) is 6.99. The number of benzene rings is 2. The van der Waals surface area contributed by atoms with Crippen LogP contribution in [-0.4, -0.2) is 30.9 Å². The molecule has 2 aromatic rings. The summed E-state index contributed by atoms with van der Waals surface area (Å²) in [7, 11) is 0. The third-order valence-electron chi connectivity index (χ3n) is 4.63. The third-order valence-corrected chi connectivity index (χ3v) is 4.63. The molecule has 0 aliphatic heterocycles. The second-order valence-electron chi connectivity index (χ2n) is 6.96. The lowest BCUT2D eigenvalue weighted by molar-refractivity contribution is -0.115. The van der Waals surface area contributed by atoms with Gasteiger partial charge < -0.3 is 15.5 Å². The SMILES string of the molecule is CCN(c1ccc(NC(=O)CNC(=O)c2ccc(C)c(C)c2)cc1)C(C)C. The van der Waals surface area contributed by atoms with Gasteiger partial charge in [-0.2, -0.15) is 0 Å². The molecule has 0 bridgehead atoms. The fourth-order valence-electron chi connectivity index (χ4n) is 2.93. The molecule has 2 amide bonds. The molecule has 2 rings (SSSR count). The minimum absolute atomic E-state index is 0.0689. The first kappa shape index (κ1) is 20.5. The predicted octanol–water partition coefficient (Wildman–Crippen LogP) is 3.91. The van der Waals surface area contributed by atoms with Crippen LogP contribution in [-0.2, 0) is 4.79 Å². The lowest BCUT2D eigenvalue weighted by atomic mass is 10.1. The van der Waals surface area contributed by atoms with E-state index in [1.54, 1.807) is 6.07 Å². The van der Waals surface area contributed by atoms with Crippen molar-refractivity contribution in [1.82, 2.24) is 5.32 Å². The lowest BCUT2D eigenvalue weighted by Crippen LogP contribution is -2.33. The van der Waals surface area contributed by atoms with E-state index >= 15 is 0 Å². The highest BCUT2D eigenvalue weighted by molar-refractivity contribution is 5.99. The number of amides is 2. The summed E-state index contributed by atoms with van der Waals surface area (Å²) < 4.78 is 0. The molecule has 0 spiro atoms.